The van der Waals surface area contributed by atoms with Gasteiger partial charge < -0.3 is 5.73 Å². The molecule has 0 saturated heterocycles. The highest BCUT2D eigenvalue weighted by atomic mass is 79.9. The Labute approximate surface area is 112 Å². The number of nitrogens with two attached hydrogens (primary N) is 1. The Morgan fingerprint density at radius 3 is 2.79 bits per heavy atom. The first kappa shape index (κ1) is 14.7. The minimum atomic E-state index is -0.543. The summed E-state index contributed by atoms with van der Waals surface area (Å²) in [6.45, 7) is 0. The molecule has 0 aromatic rings. The molecule has 0 aliphatic heterocycles. The van der Waals surface area contributed by atoms with Crippen LogP contribution >= 0.6 is 55.9 Å². The Balaban J connectivity index is 0.00000169. The summed E-state index contributed by atoms with van der Waals surface area (Å²) in [6.07, 6.45) is 9.94. The second-order valence-electron chi connectivity index (χ2n) is 2.80. The summed E-state index contributed by atoms with van der Waals surface area (Å²) in [5.74, 6) is 0.820. The van der Waals surface area contributed by atoms with Crippen molar-refractivity contribution in [2.24, 2.45) is 11.7 Å². The highest BCUT2D eigenvalue weighted by Gasteiger charge is 2.24. The average Bonchev–Trinajstić information content (AvgIpc) is 2.07. The van der Waals surface area contributed by atoms with Gasteiger partial charge in [0.15, 0.2) is 0 Å². The average molecular weight is 364 g/mol. The molecule has 80 valence electrons. The third-order valence-electron chi connectivity index (χ3n) is 1.71. The van der Waals surface area contributed by atoms with Gasteiger partial charge in [-0.3, -0.25) is 0 Å². The third-order valence-corrected chi connectivity index (χ3v) is 4.04. The molecule has 0 amide bonds. The van der Waals surface area contributed by atoms with E-state index in [9.17, 15) is 0 Å². The molecule has 5 heteroatoms. The van der Waals surface area contributed by atoms with Crippen LogP contribution in [0.15, 0.2) is 34.9 Å². The van der Waals surface area contributed by atoms with E-state index in [4.69, 9.17) is 17.3 Å². The molecule has 2 unspecified atom stereocenters. The van der Waals surface area contributed by atoms with Gasteiger partial charge >= 0.3 is 0 Å². The summed E-state index contributed by atoms with van der Waals surface area (Å²) in [6, 6.07) is 0. The molecular formula is C9H11Br2Cl2N. The fraction of sp³-hybridized carbons (Fsp3) is 0.333. The monoisotopic (exact) mass is 361 g/mol. The van der Waals surface area contributed by atoms with Crippen LogP contribution in [0.2, 0.25) is 0 Å². The lowest BCUT2D eigenvalue weighted by atomic mass is 10.0. The second kappa shape index (κ2) is 6.33. The highest BCUT2D eigenvalue weighted by molar-refractivity contribution is 9.14. The normalized spacial score (nSPS) is 31.4. The molecule has 0 radical (unpaired) electrons. The first-order valence-electron chi connectivity index (χ1n) is 3.84. The molecule has 14 heavy (non-hydrogen) atoms. The fourth-order valence-electron chi connectivity index (χ4n) is 1.01. The minimum absolute atomic E-state index is 0. The van der Waals surface area contributed by atoms with Crippen molar-refractivity contribution in [3.05, 3.63) is 34.9 Å². The zero-order chi connectivity index (χ0) is 9.90. The largest absolute Gasteiger partial charge is 0.309 e. The van der Waals surface area contributed by atoms with Crippen LogP contribution in [-0.2, 0) is 0 Å². The molecule has 0 aromatic heterocycles. The van der Waals surface area contributed by atoms with Gasteiger partial charge in [0.05, 0.1) is 0 Å². The van der Waals surface area contributed by atoms with E-state index in [1.54, 1.807) is 0 Å². The smallest absolute Gasteiger partial charge is 0.122 e. The van der Waals surface area contributed by atoms with E-state index >= 15 is 0 Å². The Morgan fingerprint density at radius 1 is 1.64 bits per heavy atom. The van der Waals surface area contributed by atoms with E-state index in [0.717, 1.165) is 4.48 Å². The van der Waals surface area contributed by atoms with Crippen molar-refractivity contribution in [2.75, 3.05) is 5.88 Å². The number of hydrogen-bond donors (Lipinski definition) is 1. The van der Waals surface area contributed by atoms with E-state index in [1.807, 2.05) is 30.4 Å². The summed E-state index contributed by atoms with van der Waals surface area (Å²) in [7, 11) is 0. The lowest BCUT2D eigenvalue weighted by Crippen LogP contribution is -2.32. The van der Waals surface area contributed by atoms with Crippen molar-refractivity contribution >= 4 is 55.9 Å². The molecule has 0 aromatic carbocycles. The topological polar surface area (TPSA) is 26.0 Å². The van der Waals surface area contributed by atoms with Gasteiger partial charge in [-0.25, -0.2) is 0 Å². The summed E-state index contributed by atoms with van der Waals surface area (Å²) in [5, 5.41) is 0. The highest BCUT2D eigenvalue weighted by Crippen LogP contribution is 2.33. The maximum absolute atomic E-state index is 5.88. The standard InChI is InChI=1S/C9H10Br2ClN.ClH/c10-8-6-7(2-1-5-12)3-4-9(8,11)13;/h1-4,6-7H,5,13H2;1H/b2-1+;. The molecule has 1 nitrogen and oxygen atoms in total. The van der Waals surface area contributed by atoms with Gasteiger partial charge in [0.2, 0.25) is 0 Å². The van der Waals surface area contributed by atoms with Gasteiger partial charge in [0.25, 0.3) is 0 Å². The minimum Gasteiger partial charge on any atom is -0.309 e. The fourth-order valence-corrected chi connectivity index (χ4v) is 1.84. The first-order valence-corrected chi connectivity index (χ1v) is 5.96. The van der Waals surface area contributed by atoms with Crippen molar-refractivity contribution in [1.29, 1.82) is 0 Å². The van der Waals surface area contributed by atoms with E-state index in [-0.39, 0.29) is 18.3 Å². The molecule has 2 atom stereocenters. The Kier molecular flexibility index (Phi) is 6.66. The van der Waals surface area contributed by atoms with Gasteiger partial charge in [-0.15, -0.1) is 24.0 Å². The zero-order valence-corrected chi connectivity index (χ0v) is 12.0. The Hall–Kier alpha value is 0.720. The van der Waals surface area contributed by atoms with Crippen LogP contribution in [0.4, 0.5) is 0 Å². The molecule has 0 bridgehead atoms. The van der Waals surface area contributed by atoms with Crippen LogP contribution in [-0.4, -0.2) is 10.3 Å². The van der Waals surface area contributed by atoms with Gasteiger partial charge in [0, 0.05) is 16.3 Å². The summed E-state index contributed by atoms with van der Waals surface area (Å²) in [5.41, 5.74) is 5.88. The maximum Gasteiger partial charge on any atom is 0.122 e. The van der Waals surface area contributed by atoms with Crippen LogP contribution in [0.3, 0.4) is 0 Å². The number of allylic oxidation sites excluding steroid dienone is 4. The lowest BCUT2D eigenvalue weighted by molar-refractivity contribution is 0.881. The quantitative estimate of drug-likeness (QED) is 0.451. The van der Waals surface area contributed by atoms with Gasteiger partial charge in [-0.1, -0.05) is 62.2 Å². The number of halogens is 4. The summed E-state index contributed by atoms with van der Waals surface area (Å²) >= 11 is 12.3. The predicted molar refractivity (Wildman–Crippen MR) is 72.6 cm³/mol. The SMILES string of the molecule is Cl.NC1(Br)C=CC(/C=C/CCl)C=C1Br. The lowest BCUT2D eigenvalue weighted by Gasteiger charge is -2.23. The van der Waals surface area contributed by atoms with Crippen molar-refractivity contribution in [3.63, 3.8) is 0 Å². The van der Waals surface area contributed by atoms with Crippen molar-refractivity contribution in [3.8, 4) is 0 Å². The summed E-state index contributed by atoms with van der Waals surface area (Å²) in [4.78, 5) is 0. The first-order chi connectivity index (χ1) is 6.06. The molecule has 1 aliphatic rings. The van der Waals surface area contributed by atoms with Crippen LogP contribution < -0.4 is 5.73 Å². The van der Waals surface area contributed by atoms with E-state index in [1.165, 1.54) is 0 Å². The molecular weight excluding hydrogens is 353 g/mol. The van der Waals surface area contributed by atoms with E-state index in [2.05, 4.69) is 31.9 Å². The van der Waals surface area contributed by atoms with Gasteiger partial charge in [-0.2, -0.15) is 0 Å². The Morgan fingerprint density at radius 2 is 2.29 bits per heavy atom. The van der Waals surface area contributed by atoms with Gasteiger partial charge in [0.1, 0.15) is 4.45 Å². The van der Waals surface area contributed by atoms with Crippen LogP contribution in [0, 0.1) is 5.92 Å². The molecule has 0 spiro atoms. The molecule has 0 saturated carbocycles. The summed E-state index contributed by atoms with van der Waals surface area (Å²) < 4.78 is 0.393. The van der Waals surface area contributed by atoms with Crippen LogP contribution in [0.5, 0.6) is 0 Å². The van der Waals surface area contributed by atoms with Crippen LogP contribution in [0.25, 0.3) is 0 Å². The zero-order valence-electron chi connectivity index (χ0n) is 7.29. The number of alkyl halides is 2. The van der Waals surface area contributed by atoms with Crippen LogP contribution in [0.1, 0.15) is 0 Å². The number of rotatable bonds is 2. The maximum atomic E-state index is 5.88. The predicted octanol–water partition coefficient (Wildman–Crippen LogP) is 3.72. The van der Waals surface area contributed by atoms with Crippen molar-refractivity contribution in [1.82, 2.24) is 0 Å². The number of hydrogen-bond acceptors (Lipinski definition) is 1. The molecule has 1 rings (SSSR count). The molecule has 2 N–H and O–H groups in total. The van der Waals surface area contributed by atoms with Crippen molar-refractivity contribution < 1.29 is 0 Å². The second-order valence-corrected chi connectivity index (χ2v) is 5.28. The molecule has 1 aliphatic carbocycles. The molecule has 0 fully saturated rings. The van der Waals surface area contributed by atoms with Crippen molar-refractivity contribution in [2.45, 2.75) is 4.45 Å². The third kappa shape index (κ3) is 4.07. The van der Waals surface area contributed by atoms with Gasteiger partial charge in [-0.05, 0) is 0 Å². The van der Waals surface area contributed by atoms with E-state index in [0.29, 0.717) is 5.88 Å². The molecule has 0 heterocycles. The van der Waals surface area contributed by atoms with E-state index < -0.39 is 4.45 Å². The Bertz CT molecular complexity index is 272.